The van der Waals surface area contributed by atoms with Gasteiger partial charge < -0.3 is 15.0 Å². The van der Waals surface area contributed by atoms with Crippen molar-refractivity contribution in [2.24, 2.45) is 0 Å². The summed E-state index contributed by atoms with van der Waals surface area (Å²) >= 11 is 1.40. The van der Waals surface area contributed by atoms with Crippen molar-refractivity contribution >= 4 is 42.1 Å². The van der Waals surface area contributed by atoms with Crippen molar-refractivity contribution in [3.63, 3.8) is 0 Å². The van der Waals surface area contributed by atoms with Crippen molar-refractivity contribution in [2.45, 2.75) is 44.9 Å². The van der Waals surface area contributed by atoms with Gasteiger partial charge in [-0.05, 0) is 57.0 Å². The third-order valence-corrected chi connectivity index (χ3v) is 6.22. The summed E-state index contributed by atoms with van der Waals surface area (Å²) in [4.78, 5) is 20.4. The highest BCUT2D eigenvalue weighted by atomic mass is 35.5. The van der Waals surface area contributed by atoms with Gasteiger partial charge >= 0.3 is 0 Å². The zero-order valence-electron chi connectivity index (χ0n) is 15.5. The number of carbonyl (C=O) groups excluding carboxylic acids is 1. The summed E-state index contributed by atoms with van der Waals surface area (Å²) in [5.74, 6) is 0.393. The van der Waals surface area contributed by atoms with E-state index in [1.807, 2.05) is 6.92 Å². The van der Waals surface area contributed by atoms with E-state index in [-0.39, 0.29) is 49.2 Å². The van der Waals surface area contributed by atoms with E-state index in [0.717, 1.165) is 43.1 Å². The number of fused-ring (bicyclic) bond motifs is 2. The largest absolute Gasteiger partial charge is 0.486 e. The molecule has 1 aromatic carbocycles. The topological polar surface area (TPSA) is 54.5 Å². The minimum absolute atomic E-state index is 0. The second kappa shape index (κ2) is 9.87. The number of benzene rings is 1. The van der Waals surface area contributed by atoms with Crippen molar-refractivity contribution in [2.75, 3.05) is 13.1 Å². The number of ether oxygens (including phenoxy) is 1. The number of aryl methyl sites for hydroxylation is 1. The summed E-state index contributed by atoms with van der Waals surface area (Å²) in [5.41, 5.74) is 0.759. The number of thiazole rings is 1. The Kier molecular flexibility index (Phi) is 8.07. The van der Waals surface area contributed by atoms with Crippen molar-refractivity contribution in [1.82, 2.24) is 15.2 Å². The molecule has 2 unspecified atom stereocenters. The number of nitrogens with one attached hydrogen (secondary N) is 1. The summed E-state index contributed by atoms with van der Waals surface area (Å²) in [6, 6.07) is 6.52. The van der Waals surface area contributed by atoms with Crippen LogP contribution in [0.4, 0.5) is 4.39 Å². The van der Waals surface area contributed by atoms with E-state index in [9.17, 15) is 9.18 Å². The molecule has 1 N–H and O–H groups in total. The van der Waals surface area contributed by atoms with Crippen LogP contribution in [0.2, 0.25) is 0 Å². The van der Waals surface area contributed by atoms with E-state index in [2.05, 4.69) is 15.2 Å². The molecule has 0 spiro atoms. The molecule has 4 rings (SSSR count). The molecule has 1 aromatic heterocycles. The molecule has 3 heterocycles. The number of aromatic nitrogens is 1. The molecule has 2 aromatic rings. The van der Waals surface area contributed by atoms with Crippen LogP contribution in [0.25, 0.3) is 0 Å². The Labute approximate surface area is 180 Å². The van der Waals surface area contributed by atoms with Crippen molar-refractivity contribution in [3.8, 4) is 5.75 Å². The van der Waals surface area contributed by atoms with Gasteiger partial charge in [-0.2, -0.15) is 0 Å². The fraction of sp³-hybridized carbons (Fsp3) is 0.474. The predicted molar refractivity (Wildman–Crippen MR) is 113 cm³/mol. The summed E-state index contributed by atoms with van der Waals surface area (Å²) in [5, 5.41) is 4.18. The molecule has 0 saturated carbocycles. The molecule has 0 aliphatic carbocycles. The maximum Gasteiger partial charge on any atom is 0.266 e. The number of halogens is 3. The fourth-order valence-electron chi connectivity index (χ4n) is 3.82. The Morgan fingerprint density at radius 2 is 1.96 bits per heavy atom. The molecule has 9 heteroatoms. The summed E-state index contributed by atoms with van der Waals surface area (Å²) in [6.45, 7) is 4.01. The Bertz CT molecular complexity index is 789. The van der Waals surface area contributed by atoms with Crippen LogP contribution in [0.3, 0.4) is 0 Å². The highest BCUT2D eigenvalue weighted by Crippen LogP contribution is 2.32. The lowest BCUT2D eigenvalue weighted by atomic mass is 10.1. The normalized spacial score (nSPS) is 20.7. The van der Waals surface area contributed by atoms with E-state index in [1.54, 1.807) is 12.1 Å². The van der Waals surface area contributed by atoms with Gasteiger partial charge in [-0.15, -0.1) is 36.2 Å². The van der Waals surface area contributed by atoms with Crippen LogP contribution >= 0.6 is 36.2 Å². The summed E-state index contributed by atoms with van der Waals surface area (Å²) in [7, 11) is 0. The van der Waals surface area contributed by atoms with Gasteiger partial charge in [0, 0.05) is 18.6 Å². The number of nitrogens with zero attached hydrogens (tertiary/aromatic N) is 2. The monoisotopic (exact) mass is 447 g/mol. The maximum absolute atomic E-state index is 13.1. The Morgan fingerprint density at radius 1 is 1.25 bits per heavy atom. The number of carbonyl (C=O) groups is 1. The minimum Gasteiger partial charge on any atom is -0.486 e. The number of hydrogen-bond donors (Lipinski definition) is 1. The second-order valence-corrected chi connectivity index (χ2v) is 7.94. The summed E-state index contributed by atoms with van der Waals surface area (Å²) in [6.07, 6.45) is 3.18. The van der Waals surface area contributed by atoms with Gasteiger partial charge in [0.15, 0.2) is 0 Å². The molecule has 5 nitrogen and oxygen atoms in total. The third-order valence-electron chi connectivity index (χ3n) is 5.10. The van der Waals surface area contributed by atoms with E-state index in [0.29, 0.717) is 16.7 Å². The van der Waals surface area contributed by atoms with Gasteiger partial charge in [0.05, 0.1) is 5.69 Å². The molecule has 1 amide bonds. The first kappa shape index (κ1) is 22.9. The highest BCUT2D eigenvalue weighted by Gasteiger charge is 2.39. The van der Waals surface area contributed by atoms with Crippen LogP contribution in [0, 0.1) is 12.7 Å². The zero-order valence-corrected chi connectivity index (χ0v) is 18.0. The molecule has 0 radical (unpaired) electrons. The highest BCUT2D eigenvalue weighted by molar-refractivity contribution is 7.13. The molecule has 2 fully saturated rings. The van der Waals surface area contributed by atoms with Crippen LogP contribution in [0.5, 0.6) is 5.75 Å². The van der Waals surface area contributed by atoms with Gasteiger partial charge in [-0.25, -0.2) is 9.37 Å². The quantitative estimate of drug-likeness (QED) is 0.769. The van der Waals surface area contributed by atoms with E-state index >= 15 is 0 Å². The van der Waals surface area contributed by atoms with Crippen LogP contribution in [0.1, 0.15) is 39.6 Å². The predicted octanol–water partition coefficient (Wildman–Crippen LogP) is 3.98. The second-order valence-electron chi connectivity index (χ2n) is 6.85. The van der Waals surface area contributed by atoms with Crippen molar-refractivity contribution < 1.29 is 13.9 Å². The van der Waals surface area contributed by atoms with Crippen LogP contribution in [0.15, 0.2) is 24.3 Å². The standard InChI is InChI=1S/C19H22FN3O2S.2ClH/c1-12-18(19(24)23-14-4-5-15(23)10-21-9-8-14)26-17(22-12)11-25-16-6-2-13(20)3-7-16;;/h2-3,6-7,14-15,21H,4-5,8-11H2,1H3;2*1H. The van der Waals surface area contributed by atoms with Crippen LogP contribution < -0.4 is 10.1 Å². The Balaban J connectivity index is 0.00000140. The number of rotatable bonds is 4. The fourth-order valence-corrected chi connectivity index (χ4v) is 4.74. The molecule has 2 aliphatic heterocycles. The molecule has 28 heavy (non-hydrogen) atoms. The molecule has 2 bridgehead atoms. The molecule has 2 atom stereocenters. The van der Waals surface area contributed by atoms with Crippen LogP contribution in [-0.4, -0.2) is 41.0 Å². The minimum atomic E-state index is -0.295. The SMILES string of the molecule is Cc1nc(COc2ccc(F)cc2)sc1C(=O)N1C2CCNCC1CC2.Cl.Cl. The molecular formula is C19H24Cl2FN3O2S. The zero-order chi connectivity index (χ0) is 18.1. The third kappa shape index (κ3) is 4.76. The average molecular weight is 448 g/mol. The Hall–Kier alpha value is -1.41. The molecule has 2 aliphatic rings. The van der Waals surface area contributed by atoms with Gasteiger partial charge in [0.1, 0.15) is 28.1 Å². The van der Waals surface area contributed by atoms with Gasteiger partial charge in [-0.3, -0.25) is 4.79 Å². The van der Waals surface area contributed by atoms with E-state index in [1.165, 1.54) is 23.5 Å². The first-order chi connectivity index (χ1) is 12.6. The first-order valence-corrected chi connectivity index (χ1v) is 9.81. The lowest BCUT2D eigenvalue weighted by molar-refractivity contribution is 0.0684. The molecule has 2 saturated heterocycles. The number of hydrogen-bond acceptors (Lipinski definition) is 5. The smallest absolute Gasteiger partial charge is 0.266 e. The average Bonchev–Trinajstić information content (AvgIpc) is 3.12. The molecular weight excluding hydrogens is 424 g/mol. The van der Waals surface area contributed by atoms with Gasteiger partial charge in [0.2, 0.25) is 0 Å². The lowest BCUT2D eigenvalue weighted by Gasteiger charge is -2.27. The lowest BCUT2D eigenvalue weighted by Crippen LogP contribution is -2.42. The van der Waals surface area contributed by atoms with Gasteiger partial charge in [-0.1, -0.05) is 0 Å². The summed E-state index contributed by atoms with van der Waals surface area (Å²) < 4.78 is 18.6. The molecule has 154 valence electrons. The van der Waals surface area contributed by atoms with Crippen molar-refractivity contribution in [1.29, 1.82) is 0 Å². The van der Waals surface area contributed by atoms with Gasteiger partial charge in [0.25, 0.3) is 5.91 Å². The van der Waals surface area contributed by atoms with E-state index < -0.39 is 0 Å². The number of amides is 1. The first-order valence-electron chi connectivity index (χ1n) is 9.00. The van der Waals surface area contributed by atoms with Crippen LogP contribution in [-0.2, 0) is 6.61 Å². The maximum atomic E-state index is 13.1. The van der Waals surface area contributed by atoms with Crippen molar-refractivity contribution in [3.05, 3.63) is 45.7 Å². The Morgan fingerprint density at radius 3 is 2.71 bits per heavy atom. The van der Waals surface area contributed by atoms with E-state index in [4.69, 9.17) is 4.74 Å².